The van der Waals surface area contributed by atoms with Crippen LogP contribution in [-0.4, -0.2) is 44.9 Å². The van der Waals surface area contributed by atoms with Crippen LogP contribution in [0.5, 0.6) is 0 Å². The second-order valence-electron chi connectivity index (χ2n) is 8.34. The molecule has 1 fully saturated rings. The third kappa shape index (κ3) is 5.47. The Morgan fingerprint density at radius 3 is 2.41 bits per heavy atom. The number of anilines is 2. The van der Waals surface area contributed by atoms with Crippen molar-refractivity contribution in [2.24, 2.45) is 0 Å². The molecule has 1 atom stereocenters. The van der Waals surface area contributed by atoms with E-state index in [0.717, 1.165) is 22.4 Å². The molecule has 0 bridgehead atoms. The molecule has 0 saturated carbocycles. The summed E-state index contributed by atoms with van der Waals surface area (Å²) in [6, 6.07) is 21.1. The molecule has 3 aromatic rings. The van der Waals surface area contributed by atoms with E-state index < -0.39 is 16.1 Å². The molecule has 1 saturated heterocycles. The molecule has 1 amide bonds. The first-order chi connectivity index (χ1) is 16.3. The number of hydrogen-bond acceptors (Lipinski definition) is 5. The van der Waals surface area contributed by atoms with Crippen LogP contribution in [0.15, 0.2) is 77.7 Å². The lowest BCUT2D eigenvalue weighted by molar-refractivity contribution is -0.117. The molecule has 0 unspecified atom stereocenters. The van der Waals surface area contributed by atoms with E-state index in [9.17, 15) is 13.2 Å². The first-order valence-electron chi connectivity index (χ1n) is 11.2. The van der Waals surface area contributed by atoms with Gasteiger partial charge in [0.05, 0.1) is 18.1 Å². The highest BCUT2D eigenvalue weighted by molar-refractivity contribution is 7.89. The van der Waals surface area contributed by atoms with Crippen molar-refractivity contribution >= 4 is 27.3 Å². The number of aryl methyl sites for hydroxylation is 2. The van der Waals surface area contributed by atoms with Gasteiger partial charge in [0.15, 0.2) is 0 Å². The number of nitrogens with one attached hydrogen (secondary N) is 2. The number of rotatable bonds is 7. The van der Waals surface area contributed by atoms with Crippen LogP contribution in [0.25, 0.3) is 0 Å². The van der Waals surface area contributed by atoms with Crippen LogP contribution in [0.4, 0.5) is 11.4 Å². The average molecular weight is 480 g/mol. The molecule has 3 aromatic carbocycles. The summed E-state index contributed by atoms with van der Waals surface area (Å²) >= 11 is 0. The van der Waals surface area contributed by atoms with E-state index in [-0.39, 0.29) is 10.8 Å². The minimum Gasteiger partial charge on any atom is -0.379 e. The smallest absolute Gasteiger partial charge is 0.251 e. The molecule has 8 heteroatoms. The van der Waals surface area contributed by atoms with Crippen LogP contribution >= 0.6 is 0 Å². The largest absolute Gasteiger partial charge is 0.379 e. The number of amides is 1. The van der Waals surface area contributed by atoms with Crippen LogP contribution in [0.3, 0.4) is 0 Å². The molecule has 2 N–H and O–H groups in total. The maximum atomic E-state index is 13.4. The minimum atomic E-state index is -3.65. The minimum absolute atomic E-state index is 0.182. The average Bonchev–Trinajstić information content (AvgIpc) is 2.86. The summed E-state index contributed by atoms with van der Waals surface area (Å²) in [5.41, 5.74) is 4.07. The monoisotopic (exact) mass is 479 g/mol. The van der Waals surface area contributed by atoms with E-state index in [1.807, 2.05) is 62.4 Å². The molecule has 4 rings (SSSR count). The molecule has 7 nitrogen and oxygen atoms in total. The van der Waals surface area contributed by atoms with Crippen LogP contribution in [0.2, 0.25) is 0 Å². The molecule has 1 aliphatic heterocycles. The van der Waals surface area contributed by atoms with Crippen molar-refractivity contribution in [3.63, 3.8) is 0 Å². The van der Waals surface area contributed by atoms with Crippen molar-refractivity contribution in [1.29, 1.82) is 0 Å². The van der Waals surface area contributed by atoms with Crippen molar-refractivity contribution in [3.05, 3.63) is 89.5 Å². The lowest BCUT2D eigenvalue weighted by atomic mass is 10.0. The summed E-state index contributed by atoms with van der Waals surface area (Å²) in [5, 5.41) is 6.27. The number of carbonyl (C=O) groups excluding carboxylic acids is 1. The van der Waals surface area contributed by atoms with Crippen LogP contribution in [0.1, 0.15) is 22.7 Å². The quantitative estimate of drug-likeness (QED) is 0.532. The highest BCUT2D eigenvalue weighted by Gasteiger charge is 2.27. The molecule has 0 spiro atoms. The summed E-state index contributed by atoms with van der Waals surface area (Å²) in [5.74, 6) is -0.235. The third-order valence-electron chi connectivity index (χ3n) is 5.80. The Kier molecular flexibility index (Phi) is 7.31. The van der Waals surface area contributed by atoms with E-state index in [1.54, 1.807) is 24.3 Å². The van der Waals surface area contributed by atoms with Gasteiger partial charge in [-0.1, -0.05) is 48.5 Å². The van der Waals surface area contributed by atoms with Gasteiger partial charge in [-0.15, -0.1) is 0 Å². The first kappa shape index (κ1) is 23.9. The van der Waals surface area contributed by atoms with Gasteiger partial charge in [-0.3, -0.25) is 4.79 Å². The summed E-state index contributed by atoms with van der Waals surface area (Å²) in [6.45, 7) is 5.33. The highest BCUT2D eigenvalue weighted by Crippen LogP contribution is 2.26. The second kappa shape index (κ2) is 10.4. The maximum absolute atomic E-state index is 13.4. The number of ether oxygens (including phenoxy) is 1. The van der Waals surface area contributed by atoms with Crippen molar-refractivity contribution < 1.29 is 17.9 Å². The molecule has 178 valence electrons. The predicted molar refractivity (Wildman–Crippen MR) is 133 cm³/mol. The molecule has 34 heavy (non-hydrogen) atoms. The number of nitrogens with zero attached hydrogens (tertiary/aromatic N) is 1. The Labute approximate surface area is 200 Å². The molecule has 0 aliphatic carbocycles. The summed E-state index contributed by atoms with van der Waals surface area (Å²) in [6.07, 6.45) is 0. The highest BCUT2D eigenvalue weighted by atomic mass is 32.2. The summed E-state index contributed by atoms with van der Waals surface area (Å²) in [4.78, 5) is 13.6. The van der Waals surface area contributed by atoms with Gasteiger partial charge in [0, 0.05) is 24.5 Å². The molecule has 1 aliphatic rings. The standard InChI is InChI=1S/C26H29N3O4S/c1-19-11-12-20(2)24(17-19)28-26(30)25(21-7-4-3-5-8-21)27-22-9-6-10-23(18-22)34(31,32)29-13-15-33-16-14-29/h3-12,17-18,25,27H,13-16H2,1-2H3,(H,28,30)/t25-/m1/s1. The molecular weight excluding hydrogens is 450 g/mol. The van der Waals surface area contributed by atoms with Gasteiger partial charge < -0.3 is 15.4 Å². The Morgan fingerprint density at radius 1 is 0.941 bits per heavy atom. The zero-order valence-electron chi connectivity index (χ0n) is 19.3. The van der Waals surface area contributed by atoms with E-state index in [0.29, 0.717) is 32.0 Å². The maximum Gasteiger partial charge on any atom is 0.251 e. The summed E-state index contributed by atoms with van der Waals surface area (Å²) in [7, 11) is -3.65. The lowest BCUT2D eigenvalue weighted by Crippen LogP contribution is -2.40. The van der Waals surface area contributed by atoms with Crippen molar-refractivity contribution in [1.82, 2.24) is 4.31 Å². The third-order valence-corrected chi connectivity index (χ3v) is 7.69. The van der Waals surface area contributed by atoms with Crippen LogP contribution in [-0.2, 0) is 19.6 Å². The second-order valence-corrected chi connectivity index (χ2v) is 10.3. The summed E-state index contributed by atoms with van der Waals surface area (Å²) < 4.78 is 32.9. The number of carbonyl (C=O) groups is 1. The van der Waals surface area contributed by atoms with Crippen LogP contribution < -0.4 is 10.6 Å². The molecule has 1 heterocycles. The van der Waals surface area contributed by atoms with Gasteiger partial charge in [0.1, 0.15) is 6.04 Å². The zero-order valence-corrected chi connectivity index (χ0v) is 20.1. The van der Waals surface area contributed by atoms with Gasteiger partial charge in [-0.2, -0.15) is 4.31 Å². The molecule has 0 radical (unpaired) electrons. The topological polar surface area (TPSA) is 87.7 Å². The Bertz CT molecular complexity index is 1260. The fourth-order valence-electron chi connectivity index (χ4n) is 3.87. The normalized spacial score (nSPS) is 15.5. The predicted octanol–water partition coefficient (Wildman–Crippen LogP) is 4.12. The Morgan fingerprint density at radius 2 is 1.68 bits per heavy atom. The van der Waals surface area contributed by atoms with E-state index in [1.165, 1.54) is 4.31 Å². The number of benzene rings is 3. The van der Waals surface area contributed by atoms with Crippen molar-refractivity contribution in [2.75, 3.05) is 36.9 Å². The molecule has 0 aromatic heterocycles. The van der Waals surface area contributed by atoms with E-state index in [4.69, 9.17) is 4.74 Å². The van der Waals surface area contributed by atoms with Crippen molar-refractivity contribution in [2.45, 2.75) is 24.8 Å². The van der Waals surface area contributed by atoms with Gasteiger partial charge in [0.2, 0.25) is 10.0 Å². The van der Waals surface area contributed by atoms with Crippen molar-refractivity contribution in [3.8, 4) is 0 Å². The van der Waals surface area contributed by atoms with Gasteiger partial charge >= 0.3 is 0 Å². The fourth-order valence-corrected chi connectivity index (χ4v) is 5.32. The number of morpholine rings is 1. The van der Waals surface area contributed by atoms with Crippen LogP contribution in [0, 0.1) is 13.8 Å². The van der Waals surface area contributed by atoms with E-state index in [2.05, 4.69) is 10.6 Å². The van der Waals surface area contributed by atoms with Gasteiger partial charge in [0.25, 0.3) is 5.91 Å². The number of sulfonamides is 1. The van der Waals surface area contributed by atoms with E-state index >= 15 is 0 Å². The fraction of sp³-hybridized carbons (Fsp3) is 0.269. The number of hydrogen-bond donors (Lipinski definition) is 2. The Balaban J connectivity index is 1.62. The SMILES string of the molecule is Cc1ccc(C)c(NC(=O)[C@H](Nc2cccc(S(=O)(=O)N3CCOCC3)c2)c2ccccc2)c1. The van der Waals surface area contributed by atoms with Gasteiger partial charge in [-0.25, -0.2) is 8.42 Å². The van der Waals surface area contributed by atoms with Gasteiger partial charge in [-0.05, 0) is 54.8 Å². The lowest BCUT2D eigenvalue weighted by Gasteiger charge is -2.26. The first-order valence-corrected chi connectivity index (χ1v) is 12.7. The zero-order chi connectivity index (χ0) is 24.1. The Hall–Kier alpha value is -3.20. The molecular formula is C26H29N3O4S.